The average Bonchev–Trinajstić information content (AvgIpc) is 3.36. The van der Waals surface area contributed by atoms with Gasteiger partial charge in [0.1, 0.15) is 11.0 Å². The lowest BCUT2D eigenvalue weighted by atomic mass is 10.0. The molecule has 0 saturated heterocycles. The molecule has 3 aromatic carbocycles. The average molecular weight is 449 g/mol. The van der Waals surface area contributed by atoms with E-state index in [9.17, 15) is 0 Å². The highest BCUT2D eigenvalue weighted by Crippen LogP contribution is 2.20. The van der Waals surface area contributed by atoms with Crippen LogP contribution in [-0.4, -0.2) is 8.75 Å². The Balaban J connectivity index is 1.53. The zero-order valence-electron chi connectivity index (χ0n) is 19.3. The number of rotatable bonds is 6. The Morgan fingerprint density at radius 3 is 1.39 bits per heavy atom. The van der Waals surface area contributed by atoms with Gasteiger partial charge in [0.25, 0.3) is 0 Å². The Kier molecular flexibility index (Phi) is 7.91. The maximum absolute atomic E-state index is 4.49. The van der Waals surface area contributed by atoms with E-state index in [1.54, 1.807) is 0 Å². The van der Waals surface area contributed by atoms with Crippen LogP contribution >= 0.6 is 11.7 Å². The first-order valence-electron chi connectivity index (χ1n) is 11.7. The molecule has 0 amide bonds. The van der Waals surface area contributed by atoms with Crippen molar-refractivity contribution in [3.63, 3.8) is 0 Å². The predicted octanol–water partition coefficient (Wildman–Crippen LogP) is 7.18. The van der Waals surface area contributed by atoms with Gasteiger partial charge < -0.3 is 0 Å². The van der Waals surface area contributed by atoms with Gasteiger partial charge in [0.05, 0.1) is 22.9 Å². The van der Waals surface area contributed by atoms with Crippen LogP contribution in [0.15, 0.2) is 60.7 Å². The predicted molar refractivity (Wildman–Crippen MR) is 139 cm³/mol. The van der Waals surface area contributed by atoms with E-state index in [4.69, 9.17) is 0 Å². The summed E-state index contributed by atoms with van der Waals surface area (Å²) in [5, 5.41) is 0. The summed E-state index contributed by atoms with van der Waals surface area (Å²) >= 11 is 1.21. The van der Waals surface area contributed by atoms with Gasteiger partial charge in [0.2, 0.25) is 0 Å². The molecule has 0 N–H and O–H groups in total. The van der Waals surface area contributed by atoms with E-state index < -0.39 is 0 Å². The van der Waals surface area contributed by atoms with Crippen LogP contribution in [-0.2, 0) is 12.8 Å². The molecule has 3 heteroatoms. The molecule has 0 aliphatic heterocycles. The summed E-state index contributed by atoms with van der Waals surface area (Å²) in [7, 11) is 0. The van der Waals surface area contributed by atoms with Gasteiger partial charge in [-0.3, -0.25) is 0 Å². The van der Waals surface area contributed by atoms with Crippen LogP contribution in [0.4, 0.5) is 0 Å². The monoisotopic (exact) mass is 448 g/mol. The molecule has 164 valence electrons. The Labute approximate surface area is 201 Å². The summed E-state index contributed by atoms with van der Waals surface area (Å²) in [6.07, 6.45) is 7.12. The number of hydrogen-bond donors (Lipinski definition) is 0. The first-order chi connectivity index (χ1) is 16.3. The maximum Gasteiger partial charge on any atom is 0.121 e. The molecular weight excluding hydrogens is 420 g/mol. The molecule has 0 saturated carbocycles. The Morgan fingerprint density at radius 1 is 0.576 bits per heavy atom. The number of aryl methyl sites for hydroxylation is 2. The highest BCUT2D eigenvalue weighted by molar-refractivity contribution is 7.00. The molecule has 0 unspecified atom stereocenters. The second-order valence-corrected chi connectivity index (χ2v) is 8.75. The van der Waals surface area contributed by atoms with Gasteiger partial charge in [-0.25, -0.2) is 0 Å². The Hall–Kier alpha value is -3.40. The molecule has 2 nitrogen and oxygen atoms in total. The minimum atomic E-state index is 0.828. The minimum absolute atomic E-state index is 0.828. The molecule has 4 rings (SSSR count). The van der Waals surface area contributed by atoms with Crippen LogP contribution < -0.4 is 0 Å². The Morgan fingerprint density at radius 2 is 1.00 bits per heavy atom. The molecule has 0 atom stereocenters. The van der Waals surface area contributed by atoms with Crippen LogP contribution in [0.2, 0.25) is 0 Å². The maximum atomic E-state index is 4.49. The van der Waals surface area contributed by atoms with Crippen molar-refractivity contribution in [2.45, 2.75) is 52.4 Å². The van der Waals surface area contributed by atoms with Crippen molar-refractivity contribution in [2.75, 3.05) is 0 Å². The van der Waals surface area contributed by atoms with E-state index in [1.165, 1.54) is 48.5 Å². The normalized spacial score (nSPS) is 10.4. The molecule has 0 aliphatic carbocycles. The topological polar surface area (TPSA) is 25.8 Å². The van der Waals surface area contributed by atoms with Gasteiger partial charge in [-0.05, 0) is 73.2 Å². The van der Waals surface area contributed by atoms with Gasteiger partial charge >= 0.3 is 0 Å². The zero-order valence-corrected chi connectivity index (χ0v) is 20.1. The third-order valence-corrected chi connectivity index (χ3v) is 6.17. The van der Waals surface area contributed by atoms with Crippen LogP contribution in [0.5, 0.6) is 0 Å². The van der Waals surface area contributed by atoms with Crippen molar-refractivity contribution >= 4 is 22.8 Å². The molecule has 0 spiro atoms. The molecule has 0 bridgehead atoms. The van der Waals surface area contributed by atoms with Gasteiger partial charge in [-0.2, -0.15) is 8.75 Å². The summed E-state index contributed by atoms with van der Waals surface area (Å²) in [5.74, 6) is 13.1. The summed E-state index contributed by atoms with van der Waals surface area (Å²) in [6.45, 7) is 4.44. The van der Waals surface area contributed by atoms with E-state index in [1.807, 2.05) is 12.1 Å². The summed E-state index contributed by atoms with van der Waals surface area (Å²) in [5.41, 5.74) is 8.19. The summed E-state index contributed by atoms with van der Waals surface area (Å²) in [6, 6.07) is 21.1. The highest BCUT2D eigenvalue weighted by atomic mass is 32.1. The van der Waals surface area contributed by atoms with Crippen molar-refractivity contribution in [3.8, 4) is 23.7 Å². The molecule has 4 aromatic rings. The lowest BCUT2D eigenvalue weighted by Crippen LogP contribution is -1.86. The molecule has 1 aromatic heterocycles. The third kappa shape index (κ3) is 6.10. The minimum Gasteiger partial charge on any atom is -0.172 e. The van der Waals surface area contributed by atoms with Crippen molar-refractivity contribution < 1.29 is 0 Å². The van der Waals surface area contributed by atoms with Crippen molar-refractivity contribution in [1.82, 2.24) is 8.75 Å². The number of aromatic nitrogens is 2. The van der Waals surface area contributed by atoms with E-state index >= 15 is 0 Å². The highest BCUT2D eigenvalue weighted by Gasteiger charge is 2.08. The number of nitrogens with zero attached hydrogens (tertiary/aromatic N) is 2. The third-order valence-electron chi connectivity index (χ3n) is 5.64. The van der Waals surface area contributed by atoms with Crippen LogP contribution in [0, 0.1) is 23.7 Å². The van der Waals surface area contributed by atoms with Crippen LogP contribution in [0.1, 0.15) is 72.9 Å². The van der Waals surface area contributed by atoms with Crippen LogP contribution in [0.3, 0.4) is 0 Å². The van der Waals surface area contributed by atoms with Crippen molar-refractivity contribution in [3.05, 3.63) is 94.0 Å². The lowest BCUT2D eigenvalue weighted by molar-refractivity contribution is 0.795. The molecule has 0 fully saturated rings. The standard InChI is InChI=1S/C30H28N2S/c1-3-5-7-23-9-13-25(14-10-23)17-19-27-21-22-28(30-29(27)31-33-32-30)20-18-26-15-11-24(12-16-26)8-6-4-2/h9-16,21-22H,3-8H2,1-2H3. The Bertz CT molecular complexity index is 1220. The van der Waals surface area contributed by atoms with Crippen LogP contribution in [0.25, 0.3) is 11.0 Å². The molecular formula is C30H28N2S. The van der Waals surface area contributed by atoms with Gasteiger partial charge in [-0.15, -0.1) is 0 Å². The number of hydrogen-bond acceptors (Lipinski definition) is 3. The van der Waals surface area contributed by atoms with Gasteiger partial charge in [0, 0.05) is 11.1 Å². The SMILES string of the molecule is CCCCc1ccc(C#Cc2ccc(C#Cc3ccc(CCCC)cc3)c3nsnc23)cc1. The number of benzene rings is 3. The second-order valence-electron chi connectivity index (χ2n) is 8.22. The fraction of sp³-hybridized carbons (Fsp3) is 0.267. The molecule has 1 heterocycles. The second kappa shape index (κ2) is 11.5. The van der Waals surface area contributed by atoms with E-state index in [-0.39, 0.29) is 0 Å². The lowest BCUT2D eigenvalue weighted by Gasteiger charge is -2.00. The number of fused-ring (bicyclic) bond motifs is 1. The summed E-state index contributed by atoms with van der Waals surface area (Å²) < 4.78 is 8.99. The van der Waals surface area contributed by atoms with E-state index in [0.29, 0.717) is 0 Å². The number of unbranched alkanes of at least 4 members (excludes halogenated alkanes) is 2. The molecule has 33 heavy (non-hydrogen) atoms. The van der Waals surface area contributed by atoms with Gasteiger partial charge in [-0.1, -0.05) is 74.6 Å². The van der Waals surface area contributed by atoms with Crippen molar-refractivity contribution in [1.29, 1.82) is 0 Å². The zero-order chi connectivity index (χ0) is 22.9. The molecule has 0 aliphatic rings. The molecule has 0 radical (unpaired) electrons. The summed E-state index contributed by atoms with van der Waals surface area (Å²) in [4.78, 5) is 0. The van der Waals surface area contributed by atoms with E-state index in [0.717, 1.165) is 46.1 Å². The van der Waals surface area contributed by atoms with Gasteiger partial charge in [0.15, 0.2) is 0 Å². The largest absolute Gasteiger partial charge is 0.172 e. The fourth-order valence-corrected chi connectivity index (χ4v) is 4.19. The smallest absolute Gasteiger partial charge is 0.121 e. The van der Waals surface area contributed by atoms with Crippen molar-refractivity contribution in [2.24, 2.45) is 0 Å². The fourth-order valence-electron chi connectivity index (χ4n) is 3.62. The quantitative estimate of drug-likeness (QED) is 0.292. The first kappa shape index (κ1) is 22.8. The van der Waals surface area contributed by atoms with E-state index in [2.05, 4.69) is 94.8 Å². The first-order valence-corrected chi connectivity index (χ1v) is 12.5.